The van der Waals surface area contributed by atoms with Gasteiger partial charge < -0.3 is 4.74 Å². The molecule has 31 heavy (non-hydrogen) atoms. The molecule has 0 radical (unpaired) electrons. The molecule has 3 heterocycles. The minimum absolute atomic E-state index is 0.296. The van der Waals surface area contributed by atoms with Crippen molar-refractivity contribution in [2.45, 2.75) is 39.8 Å². The molecule has 0 spiro atoms. The molecule has 5 rings (SSSR count). The second kappa shape index (κ2) is 7.83. The van der Waals surface area contributed by atoms with Crippen LogP contribution in [0, 0.1) is 6.92 Å². The monoisotopic (exact) mass is 412 g/mol. The highest BCUT2D eigenvalue weighted by Crippen LogP contribution is 2.28. The van der Waals surface area contributed by atoms with Crippen LogP contribution in [0.3, 0.4) is 0 Å². The topological polar surface area (TPSA) is 70.1 Å². The Hall–Kier alpha value is -3.74. The fourth-order valence-electron chi connectivity index (χ4n) is 3.73. The Morgan fingerprint density at radius 1 is 1.03 bits per heavy atom. The van der Waals surface area contributed by atoms with Gasteiger partial charge in [0.25, 0.3) is 0 Å². The lowest BCUT2D eigenvalue weighted by molar-refractivity contribution is 0.291. The Morgan fingerprint density at radius 2 is 1.87 bits per heavy atom. The second-order valence-electron chi connectivity index (χ2n) is 8.05. The van der Waals surface area contributed by atoms with Gasteiger partial charge in [-0.1, -0.05) is 56.3 Å². The molecule has 0 fully saturated rings. The van der Waals surface area contributed by atoms with Crippen molar-refractivity contribution in [3.63, 3.8) is 0 Å². The normalized spacial score (nSPS) is 11.6. The van der Waals surface area contributed by atoms with E-state index in [2.05, 4.69) is 66.3 Å². The predicted molar refractivity (Wildman–Crippen MR) is 119 cm³/mol. The van der Waals surface area contributed by atoms with Crippen LogP contribution in [0.4, 0.5) is 0 Å². The molecule has 0 amide bonds. The van der Waals surface area contributed by atoms with Crippen molar-refractivity contribution >= 4 is 16.7 Å². The molecular formula is C24H24N6O. The molecule has 0 unspecified atom stereocenters. The van der Waals surface area contributed by atoms with Crippen LogP contribution in [-0.2, 0) is 13.2 Å². The third-order valence-corrected chi connectivity index (χ3v) is 5.34. The highest BCUT2D eigenvalue weighted by molar-refractivity contribution is 5.88. The predicted octanol–water partition coefficient (Wildman–Crippen LogP) is 4.53. The lowest BCUT2D eigenvalue weighted by Crippen LogP contribution is -2.03. The fourth-order valence-corrected chi connectivity index (χ4v) is 3.73. The third-order valence-electron chi connectivity index (χ3n) is 5.34. The van der Waals surface area contributed by atoms with E-state index < -0.39 is 0 Å². The molecule has 7 heteroatoms. The van der Waals surface area contributed by atoms with Crippen molar-refractivity contribution in [2.75, 3.05) is 0 Å². The van der Waals surface area contributed by atoms with Gasteiger partial charge in [-0.15, -0.1) is 5.10 Å². The van der Waals surface area contributed by atoms with E-state index in [0.717, 1.165) is 22.4 Å². The van der Waals surface area contributed by atoms with E-state index in [1.165, 1.54) is 16.7 Å². The van der Waals surface area contributed by atoms with Crippen molar-refractivity contribution < 1.29 is 4.74 Å². The van der Waals surface area contributed by atoms with Gasteiger partial charge in [0.2, 0.25) is 0 Å². The summed E-state index contributed by atoms with van der Waals surface area (Å²) in [6.07, 6.45) is 3.49. The first-order valence-corrected chi connectivity index (χ1v) is 10.4. The Morgan fingerprint density at radius 3 is 2.68 bits per heavy atom. The summed E-state index contributed by atoms with van der Waals surface area (Å²) in [6, 6.07) is 16.5. The molecule has 0 N–H and O–H groups in total. The number of aromatic nitrogens is 6. The maximum Gasteiger partial charge on any atom is 0.189 e. The van der Waals surface area contributed by atoms with E-state index in [0.29, 0.717) is 24.9 Å². The van der Waals surface area contributed by atoms with Crippen molar-refractivity contribution in [1.29, 1.82) is 0 Å². The van der Waals surface area contributed by atoms with Crippen LogP contribution in [0.5, 0.6) is 5.75 Å². The molecule has 7 nitrogen and oxygen atoms in total. The molecule has 3 aromatic heterocycles. The Balaban J connectivity index is 1.43. The largest absolute Gasteiger partial charge is 0.485 e. The third kappa shape index (κ3) is 3.74. The van der Waals surface area contributed by atoms with Gasteiger partial charge in [0.15, 0.2) is 17.1 Å². The van der Waals surface area contributed by atoms with Gasteiger partial charge in [0.1, 0.15) is 18.7 Å². The summed E-state index contributed by atoms with van der Waals surface area (Å²) in [5.74, 6) is 1.87. The summed E-state index contributed by atoms with van der Waals surface area (Å²) >= 11 is 0. The molecule has 0 saturated carbocycles. The van der Waals surface area contributed by atoms with Crippen LogP contribution in [0.15, 0.2) is 61.1 Å². The summed E-state index contributed by atoms with van der Waals surface area (Å²) in [5, 5.41) is 9.95. The molecule has 0 bridgehead atoms. The minimum Gasteiger partial charge on any atom is -0.485 e. The van der Waals surface area contributed by atoms with Gasteiger partial charge in [0, 0.05) is 0 Å². The van der Waals surface area contributed by atoms with E-state index in [-0.39, 0.29) is 0 Å². The van der Waals surface area contributed by atoms with E-state index in [9.17, 15) is 0 Å². The maximum atomic E-state index is 6.11. The quantitative estimate of drug-likeness (QED) is 0.410. The SMILES string of the molecule is Cc1ccc(C(C)C)c(OCc2nc3c4cnn(Cc5ccccc5)c4ncn3n2)c1. The van der Waals surface area contributed by atoms with Gasteiger partial charge >= 0.3 is 0 Å². The van der Waals surface area contributed by atoms with Gasteiger partial charge in [-0.25, -0.2) is 19.2 Å². The van der Waals surface area contributed by atoms with Gasteiger partial charge in [-0.3, -0.25) is 0 Å². The number of hydrogen-bond acceptors (Lipinski definition) is 5. The van der Waals surface area contributed by atoms with Gasteiger partial charge in [-0.2, -0.15) is 5.10 Å². The van der Waals surface area contributed by atoms with Crippen LogP contribution in [0.1, 0.15) is 42.3 Å². The summed E-state index contributed by atoms with van der Waals surface area (Å²) in [6.45, 7) is 7.34. The lowest BCUT2D eigenvalue weighted by atomic mass is 10.0. The number of rotatable bonds is 6. The molecule has 156 valence electrons. The molecule has 2 aromatic carbocycles. The van der Waals surface area contributed by atoms with Crippen molar-refractivity contribution in [1.82, 2.24) is 29.4 Å². The smallest absolute Gasteiger partial charge is 0.189 e. The molecule has 0 aliphatic rings. The molecule has 0 saturated heterocycles. The fraction of sp³-hybridized carbons (Fsp3) is 0.250. The number of ether oxygens (including phenoxy) is 1. The van der Waals surface area contributed by atoms with Crippen LogP contribution in [0.2, 0.25) is 0 Å². The highest BCUT2D eigenvalue weighted by atomic mass is 16.5. The number of fused-ring (bicyclic) bond motifs is 3. The van der Waals surface area contributed by atoms with E-state index >= 15 is 0 Å². The van der Waals surface area contributed by atoms with E-state index in [1.54, 1.807) is 17.0 Å². The average molecular weight is 412 g/mol. The summed E-state index contributed by atoms with van der Waals surface area (Å²) in [4.78, 5) is 9.27. The molecule has 0 atom stereocenters. The number of nitrogens with zero attached hydrogens (tertiary/aromatic N) is 6. The standard InChI is InChI=1S/C24H24N6O/c1-16(2)19-10-9-17(3)11-21(19)31-14-22-27-24-20-12-26-29(13-18-7-5-4-6-8-18)23(20)25-15-30(24)28-22/h4-12,15-16H,13-14H2,1-3H3. The first-order chi connectivity index (χ1) is 15.1. The molecular weight excluding hydrogens is 388 g/mol. The molecule has 0 aliphatic carbocycles. The highest BCUT2D eigenvalue weighted by Gasteiger charge is 2.14. The zero-order valence-electron chi connectivity index (χ0n) is 17.9. The average Bonchev–Trinajstić information content (AvgIpc) is 3.36. The maximum absolute atomic E-state index is 6.11. The van der Waals surface area contributed by atoms with E-state index in [4.69, 9.17) is 9.72 Å². The zero-order valence-corrected chi connectivity index (χ0v) is 17.9. The van der Waals surface area contributed by atoms with Crippen molar-refractivity contribution in [3.05, 3.63) is 83.6 Å². The van der Waals surface area contributed by atoms with Crippen LogP contribution in [-0.4, -0.2) is 29.4 Å². The van der Waals surface area contributed by atoms with Crippen molar-refractivity contribution in [2.24, 2.45) is 0 Å². The minimum atomic E-state index is 0.296. The van der Waals surface area contributed by atoms with Crippen LogP contribution < -0.4 is 4.74 Å². The summed E-state index contributed by atoms with van der Waals surface area (Å²) < 4.78 is 9.69. The Kier molecular flexibility index (Phi) is 4.86. The summed E-state index contributed by atoms with van der Waals surface area (Å²) in [7, 11) is 0. The number of aryl methyl sites for hydroxylation is 1. The first-order valence-electron chi connectivity index (χ1n) is 10.4. The van der Waals surface area contributed by atoms with Gasteiger partial charge in [-0.05, 0) is 35.6 Å². The molecule has 5 aromatic rings. The van der Waals surface area contributed by atoms with Crippen LogP contribution in [0.25, 0.3) is 16.7 Å². The summed E-state index contributed by atoms with van der Waals surface area (Å²) in [5.41, 5.74) is 5.04. The number of benzene rings is 2. The Labute approximate surface area is 180 Å². The first kappa shape index (κ1) is 19.2. The zero-order chi connectivity index (χ0) is 21.4. The van der Waals surface area contributed by atoms with E-state index in [1.807, 2.05) is 22.9 Å². The van der Waals surface area contributed by atoms with Crippen LogP contribution >= 0.6 is 0 Å². The number of hydrogen-bond donors (Lipinski definition) is 0. The Bertz CT molecular complexity index is 1350. The van der Waals surface area contributed by atoms with Crippen molar-refractivity contribution in [3.8, 4) is 5.75 Å². The second-order valence-corrected chi connectivity index (χ2v) is 8.05. The van der Waals surface area contributed by atoms with Gasteiger partial charge in [0.05, 0.1) is 18.1 Å². The lowest BCUT2D eigenvalue weighted by Gasteiger charge is -2.13. The molecule has 0 aliphatic heterocycles.